The molecule has 0 N–H and O–H groups in total. The summed E-state index contributed by atoms with van der Waals surface area (Å²) in [5.74, 6) is -0.817. The maximum Gasteiger partial charge on any atom is 0.306 e. The molecule has 0 aromatic rings. The highest BCUT2D eigenvalue weighted by Crippen LogP contribution is 2.38. The molecule has 0 aromatic carbocycles. The Hall–Kier alpha value is -0.990. The molecule has 0 rings (SSSR count). The summed E-state index contributed by atoms with van der Waals surface area (Å²) in [5, 5.41) is 0. The molecule has 0 aromatic heterocycles. The summed E-state index contributed by atoms with van der Waals surface area (Å²) in [6, 6.07) is 0. The lowest BCUT2D eigenvalue weighted by Gasteiger charge is -2.28. The van der Waals surface area contributed by atoms with Gasteiger partial charge in [0.05, 0.1) is 27.7 Å². The minimum atomic E-state index is -4.62. The number of carbonyl (C=O) groups excluding carboxylic acids is 2. The minimum Gasteiger partial charge on any atom is -0.756 e. The highest BCUT2D eigenvalue weighted by atomic mass is 31.2. The lowest BCUT2D eigenvalue weighted by molar-refractivity contribution is -0.870. The number of unbranched alkanes of at least 4 members (excludes halogenated alkanes) is 40. The zero-order chi connectivity index (χ0) is 48.5. The average Bonchev–Trinajstić information content (AvgIpc) is 3.27. The summed E-state index contributed by atoms with van der Waals surface area (Å²) in [4.78, 5) is 37.6. The Balaban J connectivity index is 3.90. The van der Waals surface area contributed by atoms with E-state index in [0.29, 0.717) is 17.4 Å². The van der Waals surface area contributed by atoms with Gasteiger partial charge in [0.1, 0.15) is 19.8 Å². The first-order valence-corrected chi connectivity index (χ1v) is 30.2. The Morgan fingerprint density at radius 3 is 0.970 bits per heavy atom. The van der Waals surface area contributed by atoms with Crippen LogP contribution in [0.2, 0.25) is 0 Å². The number of phosphoric acid groups is 1. The molecule has 0 aliphatic rings. The molecule has 0 radical (unpaired) electrons. The molecule has 0 aliphatic carbocycles. The summed E-state index contributed by atoms with van der Waals surface area (Å²) in [6.07, 6.45) is 54.7. The summed E-state index contributed by atoms with van der Waals surface area (Å²) in [7, 11) is 1.19. The third kappa shape index (κ3) is 52.4. The van der Waals surface area contributed by atoms with Crippen LogP contribution in [0.3, 0.4) is 0 Å². The van der Waals surface area contributed by atoms with Crippen LogP contribution in [0.25, 0.3) is 0 Å². The van der Waals surface area contributed by atoms with Crippen LogP contribution in [-0.4, -0.2) is 70.0 Å². The lowest BCUT2D eigenvalue weighted by atomic mass is 10.0. The summed E-state index contributed by atoms with van der Waals surface area (Å²) in [5.41, 5.74) is 0. The smallest absolute Gasteiger partial charge is 0.306 e. The number of esters is 2. The number of hydrogen-bond acceptors (Lipinski definition) is 8. The predicted molar refractivity (Wildman–Crippen MR) is 278 cm³/mol. The second-order valence-electron chi connectivity index (χ2n) is 21.0. The van der Waals surface area contributed by atoms with Crippen molar-refractivity contribution in [2.45, 2.75) is 302 Å². The van der Waals surface area contributed by atoms with Crippen molar-refractivity contribution in [3.05, 3.63) is 0 Å². The Labute approximate surface area is 410 Å². The van der Waals surface area contributed by atoms with Gasteiger partial charge < -0.3 is 27.9 Å². The van der Waals surface area contributed by atoms with Crippen molar-refractivity contribution >= 4 is 19.8 Å². The monoisotopic (exact) mass is 958 g/mol. The van der Waals surface area contributed by atoms with Crippen LogP contribution in [0, 0.1) is 0 Å². The lowest BCUT2D eigenvalue weighted by Crippen LogP contribution is -2.37. The van der Waals surface area contributed by atoms with Crippen molar-refractivity contribution < 1.29 is 42.1 Å². The van der Waals surface area contributed by atoms with Gasteiger partial charge >= 0.3 is 11.9 Å². The van der Waals surface area contributed by atoms with E-state index in [-0.39, 0.29) is 32.0 Å². The summed E-state index contributed by atoms with van der Waals surface area (Å²) < 4.78 is 34.0. The second-order valence-corrected chi connectivity index (χ2v) is 22.4. The van der Waals surface area contributed by atoms with Gasteiger partial charge in [-0.1, -0.05) is 271 Å². The first-order valence-electron chi connectivity index (χ1n) is 28.7. The molecule has 0 fully saturated rings. The van der Waals surface area contributed by atoms with E-state index in [9.17, 15) is 19.0 Å². The van der Waals surface area contributed by atoms with Crippen LogP contribution < -0.4 is 4.89 Å². The topological polar surface area (TPSA) is 111 Å². The molecule has 2 unspecified atom stereocenters. The van der Waals surface area contributed by atoms with E-state index in [2.05, 4.69) is 13.8 Å². The van der Waals surface area contributed by atoms with Gasteiger partial charge in [0.2, 0.25) is 0 Å². The molecule has 0 saturated heterocycles. The fourth-order valence-corrected chi connectivity index (χ4v) is 9.39. The number of carbonyl (C=O) groups is 2. The van der Waals surface area contributed by atoms with Crippen molar-refractivity contribution in [1.29, 1.82) is 0 Å². The van der Waals surface area contributed by atoms with E-state index in [4.69, 9.17) is 18.5 Å². The Morgan fingerprint density at radius 2 is 0.682 bits per heavy atom. The number of hydrogen-bond donors (Lipinski definition) is 0. The molecule has 66 heavy (non-hydrogen) atoms. The van der Waals surface area contributed by atoms with Gasteiger partial charge in [-0.3, -0.25) is 14.2 Å². The normalized spacial score (nSPS) is 13.2. The van der Waals surface area contributed by atoms with Gasteiger partial charge in [0.15, 0.2) is 6.10 Å². The zero-order valence-electron chi connectivity index (χ0n) is 44.7. The fourth-order valence-electron chi connectivity index (χ4n) is 8.66. The van der Waals surface area contributed by atoms with Crippen molar-refractivity contribution in [3.8, 4) is 0 Å². The number of nitrogens with zero attached hydrogens (tertiary/aromatic N) is 1. The van der Waals surface area contributed by atoms with E-state index >= 15 is 0 Å². The van der Waals surface area contributed by atoms with Gasteiger partial charge in [-0.15, -0.1) is 0 Å². The molecule has 2 atom stereocenters. The van der Waals surface area contributed by atoms with E-state index in [1.165, 1.54) is 231 Å². The van der Waals surface area contributed by atoms with Gasteiger partial charge in [0, 0.05) is 12.8 Å². The molecule has 0 bridgehead atoms. The van der Waals surface area contributed by atoms with Crippen LogP contribution >= 0.6 is 7.82 Å². The Kier molecular flexibility index (Phi) is 48.3. The number of ether oxygens (including phenoxy) is 2. The molecule has 10 heteroatoms. The number of quaternary nitrogens is 1. The minimum absolute atomic E-state index is 0.0255. The molecule has 0 saturated carbocycles. The molecule has 394 valence electrons. The van der Waals surface area contributed by atoms with Crippen molar-refractivity contribution in [2.24, 2.45) is 0 Å². The highest BCUT2D eigenvalue weighted by Gasteiger charge is 2.22. The van der Waals surface area contributed by atoms with Crippen LogP contribution in [-0.2, 0) is 32.7 Å². The molecular formula is C56H112NO8P. The predicted octanol–water partition coefficient (Wildman–Crippen LogP) is 16.9. The van der Waals surface area contributed by atoms with Gasteiger partial charge in [-0.05, 0) is 12.8 Å². The van der Waals surface area contributed by atoms with Crippen molar-refractivity contribution in [1.82, 2.24) is 0 Å². The van der Waals surface area contributed by atoms with Crippen LogP contribution in [0.15, 0.2) is 0 Å². The first-order chi connectivity index (χ1) is 32.0. The molecular weight excluding hydrogens is 846 g/mol. The van der Waals surface area contributed by atoms with Crippen molar-refractivity contribution in [3.63, 3.8) is 0 Å². The third-order valence-corrected chi connectivity index (χ3v) is 14.1. The fraction of sp³-hybridized carbons (Fsp3) is 0.964. The van der Waals surface area contributed by atoms with Crippen LogP contribution in [0.5, 0.6) is 0 Å². The van der Waals surface area contributed by atoms with E-state index in [1.54, 1.807) is 0 Å². The first kappa shape index (κ1) is 65.0. The van der Waals surface area contributed by atoms with E-state index in [0.717, 1.165) is 32.1 Å². The Morgan fingerprint density at radius 1 is 0.409 bits per heavy atom. The standard InChI is InChI=1S/C56H112NO8P/c1-6-8-10-12-14-16-18-19-20-21-22-23-24-25-26-27-28-29-30-31-32-33-34-35-36-37-38-39-41-43-45-47-49-56(59)65-54(53-64-66(60,61)63-51-50-57(3,4)5)52-62-55(58)48-46-44-42-40-17-15-13-11-9-7-2/h54H,6-53H2,1-5H3. The largest absolute Gasteiger partial charge is 0.756 e. The maximum atomic E-state index is 12.7. The molecule has 0 spiro atoms. The second kappa shape index (κ2) is 49.0. The summed E-state index contributed by atoms with van der Waals surface area (Å²) >= 11 is 0. The van der Waals surface area contributed by atoms with Gasteiger partial charge in [-0.2, -0.15) is 0 Å². The van der Waals surface area contributed by atoms with E-state index < -0.39 is 26.5 Å². The van der Waals surface area contributed by atoms with Crippen LogP contribution in [0.4, 0.5) is 0 Å². The molecule has 0 amide bonds. The molecule has 0 heterocycles. The number of rotatable bonds is 54. The maximum absolute atomic E-state index is 12.7. The van der Waals surface area contributed by atoms with Crippen LogP contribution in [0.1, 0.15) is 296 Å². The van der Waals surface area contributed by atoms with Gasteiger partial charge in [0.25, 0.3) is 7.82 Å². The average molecular weight is 958 g/mol. The molecule has 0 aliphatic heterocycles. The van der Waals surface area contributed by atoms with Gasteiger partial charge in [-0.25, -0.2) is 0 Å². The quantitative estimate of drug-likeness (QED) is 0.0256. The Bertz CT molecular complexity index is 1080. The number of phosphoric ester groups is 1. The zero-order valence-corrected chi connectivity index (χ0v) is 45.6. The van der Waals surface area contributed by atoms with Crippen molar-refractivity contribution in [2.75, 3.05) is 47.5 Å². The third-order valence-electron chi connectivity index (χ3n) is 13.1. The highest BCUT2D eigenvalue weighted by molar-refractivity contribution is 7.45. The SMILES string of the molecule is CCCCCCCCCCCCCCCCCCCCCCCCCCCCCCCCCCC(=O)OC(COC(=O)CCCCCCCCCCCC)COP(=O)([O-])OCC[N+](C)(C)C. The molecule has 9 nitrogen and oxygen atoms in total. The number of likely N-dealkylation sites (N-methyl/N-ethyl adjacent to an activating group) is 1. The van der Waals surface area contributed by atoms with E-state index in [1.807, 2.05) is 21.1 Å². The summed E-state index contributed by atoms with van der Waals surface area (Å²) in [6.45, 7) is 4.27.